The van der Waals surface area contributed by atoms with E-state index in [0.29, 0.717) is 5.92 Å². The van der Waals surface area contributed by atoms with E-state index in [4.69, 9.17) is 21.1 Å². The summed E-state index contributed by atoms with van der Waals surface area (Å²) in [6.07, 6.45) is 3.54. The van der Waals surface area contributed by atoms with E-state index >= 15 is 0 Å². The Bertz CT molecular complexity index is 442. The second-order valence-corrected chi connectivity index (χ2v) is 6.07. The first-order valence-corrected chi connectivity index (χ1v) is 7.71. The van der Waals surface area contributed by atoms with E-state index in [0.717, 1.165) is 41.6 Å². The normalized spacial score (nSPS) is 16.4. The highest BCUT2D eigenvalue weighted by molar-refractivity contribution is 6.31. The van der Waals surface area contributed by atoms with E-state index in [1.165, 1.54) is 12.8 Å². The van der Waals surface area contributed by atoms with Gasteiger partial charge in [0, 0.05) is 11.1 Å². The van der Waals surface area contributed by atoms with Crippen LogP contribution in [-0.2, 0) is 6.42 Å². The highest BCUT2D eigenvalue weighted by Crippen LogP contribution is 2.35. The van der Waals surface area contributed by atoms with Gasteiger partial charge in [-0.2, -0.15) is 0 Å². The number of piperidine rings is 1. The van der Waals surface area contributed by atoms with Gasteiger partial charge in [-0.1, -0.05) is 11.6 Å². The molecule has 1 N–H and O–H groups in total. The van der Waals surface area contributed by atoms with Gasteiger partial charge in [-0.3, -0.25) is 0 Å². The summed E-state index contributed by atoms with van der Waals surface area (Å²) in [4.78, 5) is 0. The lowest BCUT2D eigenvalue weighted by molar-refractivity contribution is 0.230. The topological polar surface area (TPSA) is 30.5 Å². The van der Waals surface area contributed by atoms with Crippen LogP contribution in [0, 0.1) is 5.92 Å². The first-order valence-electron chi connectivity index (χ1n) is 7.34. The average molecular weight is 298 g/mol. The third kappa shape index (κ3) is 4.03. The lowest BCUT2D eigenvalue weighted by Crippen LogP contribution is -2.28. The monoisotopic (exact) mass is 297 g/mol. The predicted octanol–water partition coefficient (Wildman–Crippen LogP) is 3.68. The van der Waals surface area contributed by atoms with Crippen LogP contribution in [-0.4, -0.2) is 26.3 Å². The van der Waals surface area contributed by atoms with Gasteiger partial charge in [0.15, 0.2) is 11.5 Å². The lowest BCUT2D eigenvalue weighted by atomic mass is 9.91. The molecule has 0 bridgehead atoms. The zero-order valence-corrected chi connectivity index (χ0v) is 13.3. The quantitative estimate of drug-likeness (QED) is 0.899. The summed E-state index contributed by atoms with van der Waals surface area (Å²) in [5.41, 5.74) is 1.16. The molecule has 1 fully saturated rings. The number of hydrogen-bond acceptors (Lipinski definition) is 3. The van der Waals surface area contributed by atoms with Crippen molar-refractivity contribution in [2.75, 3.05) is 20.2 Å². The molecule has 20 heavy (non-hydrogen) atoms. The molecule has 0 aromatic heterocycles. The standard InChI is InChI=1S/C16H24ClNO2/c1-11(2)20-16-10-14(17)13(9-15(16)19-3)8-12-4-6-18-7-5-12/h9-12,18H,4-8H2,1-3H3. The molecular weight excluding hydrogens is 274 g/mol. The van der Waals surface area contributed by atoms with Crippen molar-refractivity contribution in [3.63, 3.8) is 0 Å². The van der Waals surface area contributed by atoms with Crippen molar-refractivity contribution in [1.82, 2.24) is 5.32 Å². The van der Waals surface area contributed by atoms with Crippen LogP contribution < -0.4 is 14.8 Å². The van der Waals surface area contributed by atoms with Crippen molar-refractivity contribution < 1.29 is 9.47 Å². The molecule has 1 heterocycles. The van der Waals surface area contributed by atoms with E-state index in [1.54, 1.807) is 7.11 Å². The SMILES string of the molecule is COc1cc(CC2CCNCC2)c(Cl)cc1OC(C)C. The van der Waals surface area contributed by atoms with Gasteiger partial charge in [0.25, 0.3) is 0 Å². The Balaban J connectivity index is 2.16. The van der Waals surface area contributed by atoms with Gasteiger partial charge in [0.1, 0.15) is 0 Å². The first kappa shape index (κ1) is 15.5. The lowest BCUT2D eigenvalue weighted by Gasteiger charge is -2.23. The van der Waals surface area contributed by atoms with Gasteiger partial charge in [-0.25, -0.2) is 0 Å². The van der Waals surface area contributed by atoms with Gasteiger partial charge >= 0.3 is 0 Å². The van der Waals surface area contributed by atoms with Crippen LogP contribution in [0.5, 0.6) is 11.5 Å². The Labute approximate surface area is 126 Å². The Hall–Kier alpha value is -0.930. The highest BCUT2D eigenvalue weighted by atomic mass is 35.5. The number of hydrogen-bond donors (Lipinski definition) is 1. The maximum Gasteiger partial charge on any atom is 0.163 e. The number of ether oxygens (including phenoxy) is 2. The largest absolute Gasteiger partial charge is 0.493 e. The molecule has 1 aromatic carbocycles. The van der Waals surface area contributed by atoms with Gasteiger partial charge in [0.2, 0.25) is 0 Å². The van der Waals surface area contributed by atoms with Crippen molar-refractivity contribution in [3.8, 4) is 11.5 Å². The Morgan fingerprint density at radius 1 is 1.25 bits per heavy atom. The van der Waals surface area contributed by atoms with Crippen LogP contribution in [0.4, 0.5) is 0 Å². The molecule has 0 atom stereocenters. The molecule has 0 radical (unpaired) electrons. The maximum absolute atomic E-state index is 6.41. The molecule has 4 heteroatoms. The van der Waals surface area contributed by atoms with Crippen molar-refractivity contribution in [2.45, 2.75) is 39.2 Å². The van der Waals surface area contributed by atoms with Crippen LogP contribution in [0.1, 0.15) is 32.3 Å². The van der Waals surface area contributed by atoms with Crippen LogP contribution in [0.15, 0.2) is 12.1 Å². The third-order valence-corrected chi connectivity index (χ3v) is 4.01. The average Bonchev–Trinajstić information content (AvgIpc) is 2.42. The molecule has 2 rings (SSSR count). The molecule has 0 unspecified atom stereocenters. The first-order chi connectivity index (χ1) is 9.60. The number of halogens is 1. The van der Waals surface area contributed by atoms with Crippen molar-refractivity contribution in [3.05, 3.63) is 22.7 Å². The van der Waals surface area contributed by atoms with E-state index in [-0.39, 0.29) is 6.10 Å². The zero-order chi connectivity index (χ0) is 14.5. The minimum absolute atomic E-state index is 0.107. The minimum Gasteiger partial charge on any atom is -0.493 e. The highest BCUT2D eigenvalue weighted by Gasteiger charge is 2.17. The smallest absolute Gasteiger partial charge is 0.163 e. The van der Waals surface area contributed by atoms with Gasteiger partial charge < -0.3 is 14.8 Å². The molecule has 1 aliphatic heterocycles. The number of rotatable bonds is 5. The fourth-order valence-corrected chi connectivity index (χ4v) is 2.87. The molecule has 1 aliphatic rings. The second kappa shape index (κ2) is 7.19. The summed E-state index contributed by atoms with van der Waals surface area (Å²) < 4.78 is 11.2. The maximum atomic E-state index is 6.41. The van der Waals surface area contributed by atoms with Crippen molar-refractivity contribution in [1.29, 1.82) is 0 Å². The summed E-state index contributed by atoms with van der Waals surface area (Å²) in [7, 11) is 1.67. The molecule has 0 spiro atoms. The Morgan fingerprint density at radius 2 is 1.95 bits per heavy atom. The molecule has 112 valence electrons. The summed E-state index contributed by atoms with van der Waals surface area (Å²) in [6.45, 7) is 6.20. The van der Waals surface area contributed by atoms with Crippen LogP contribution in [0.2, 0.25) is 5.02 Å². The predicted molar refractivity (Wildman–Crippen MR) is 83.1 cm³/mol. The van der Waals surface area contributed by atoms with E-state index in [1.807, 2.05) is 26.0 Å². The van der Waals surface area contributed by atoms with Gasteiger partial charge in [-0.15, -0.1) is 0 Å². The minimum atomic E-state index is 0.107. The number of nitrogens with one attached hydrogen (secondary N) is 1. The van der Waals surface area contributed by atoms with E-state index in [9.17, 15) is 0 Å². The molecule has 0 saturated carbocycles. The van der Waals surface area contributed by atoms with Crippen LogP contribution in [0.3, 0.4) is 0 Å². The van der Waals surface area contributed by atoms with E-state index in [2.05, 4.69) is 5.32 Å². The number of methoxy groups -OCH3 is 1. The molecule has 1 aromatic rings. The summed E-state index contributed by atoms with van der Waals surface area (Å²) in [5, 5.41) is 4.17. The van der Waals surface area contributed by atoms with E-state index < -0.39 is 0 Å². The van der Waals surface area contributed by atoms with Crippen molar-refractivity contribution in [2.24, 2.45) is 5.92 Å². The second-order valence-electron chi connectivity index (χ2n) is 5.66. The summed E-state index contributed by atoms with van der Waals surface area (Å²) in [6, 6.07) is 3.92. The Morgan fingerprint density at radius 3 is 2.55 bits per heavy atom. The molecule has 0 amide bonds. The fraction of sp³-hybridized carbons (Fsp3) is 0.625. The molecular formula is C16H24ClNO2. The zero-order valence-electron chi connectivity index (χ0n) is 12.5. The molecule has 1 saturated heterocycles. The van der Waals surface area contributed by atoms with Gasteiger partial charge in [0.05, 0.1) is 13.2 Å². The summed E-state index contributed by atoms with van der Waals surface area (Å²) >= 11 is 6.41. The van der Waals surface area contributed by atoms with Gasteiger partial charge in [-0.05, 0) is 63.7 Å². The molecule has 3 nitrogen and oxygen atoms in total. The van der Waals surface area contributed by atoms with Crippen LogP contribution >= 0.6 is 11.6 Å². The molecule has 0 aliphatic carbocycles. The number of benzene rings is 1. The van der Waals surface area contributed by atoms with Crippen LogP contribution in [0.25, 0.3) is 0 Å². The van der Waals surface area contributed by atoms with Crippen molar-refractivity contribution >= 4 is 11.6 Å². The third-order valence-electron chi connectivity index (χ3n) is 3.66. The fourth-order valence-electron chi connectivity index (χ4n) is 2.64. The Kier molecular flexibility index (Phi) is 5.55. The summed E-state index contributed by atoms with van der Waals surface area (Å²) in [5.74, 6) is 2.20.